The summed E-state index contributed by atoms with van der Waals surface area (Å²) in [5.41, 5.74) is 1.48. The average molecular weight is 346 g/mol. The van der Waals surface area contributed by atoms with Gasteiger partial charge in [0.1, 0.15) is 5.75 Å². The summed E-state index contributed by atoms with van der Waals surface area (Å²) < 4.78 is 25.3. The first kappa shape index (κ1) is 16.3. The third kappa shape index (κ3) is 2.94. The Hall–Kier alpha value is -1.16. The predicted octanol–water partition coefficient (Wildman–Crippen LogP) is 3.70. The van der Waals surface area contributed by atoms with Crippen LogP contribution in [-0.4, -0.2) is 20.0 Å². The van der Waals surface area contributed by atoms with Crippen molar-refractivity contribution in [3.05, 3.63) is 35.4 Å². The van der Waals surface area contributed by atoms with Crippen LogP contribution in [-0.2, 0) is 20.4 Å². The summed E-state index contributed by atoms with van der Waals surface area (Å²) in [5.74, 6) is 1.72. The minimum atomic E-state index is -3.40. The third-order valence-corrected chi connectivity index (χ3v) is 8.07. The van der Waals surface area contributed by atoms with Crippen LogP contribution in [0.25, 0.3) is 0 Å². The number of ketones is 1. The SMILES string of the molecule is Cc1ccccc1CS(=O)(=O)CC(=O)C12CC3CC(CC(C3)C1)C2. The molecule has 0 N–H and O–H groups in total. The summed E-state index contributed by atoms with van der Waals surface area (Å²) in [7, 11) is -3.40. The molecular formula is C20H26O3S. The van der Waals surface area contributed by atoms with Crippen LogP contribution in [0.4, 0.5) is 0 Å². The Morgan fingerprint density at radius 1 is 1.04 bits per heavy atom. The van der Waals surface area contributed by atoms with Crippen LogP contribution in [0, 0.1) is 30.1 Å². The van der Waals surface area contributed by atoms with Crippen molar-refractivity contribution in [2.45, 2.75) is 51.2 Å². The molecule has 1 aromatic carbocycles. The van der Waals surface area contributed by atoms with Gasteiger partial charge in [-0.15, -0.1) is 0 Å². The van der Waals surface area contributed by atoms with Crippen LogP contribution in [0.1, 0.15) is 49.7 Å². The molecule has 0 aliphatic heterocycles. The smallest absolute Gasteiger partial charge is 0.161 e. The van der Waals surface area contributed by atoms with E-state index in [0.29, 0.717) is 17.8 Å². The molecule has 0 saturated heterocycles. The fourth-order valence-electron chi connectivity index (χ4n) is 5.86. The summed E-state index contributed by atoms with van der Waals surface area (Å²) in [5, 5.41) is 0. The highest BCUT2D eigenvalue weighted by atomic mass is 32.2. The van der Waals surface area contributed by atoms with E-state index in [9.17, 15) is 13.2 Å². The van der Waals surface area contributed by atoms with Gasteiger partial charge in [0.2, 0.25) is 0 Å². The van der Waals surface area contributed by atoms with Crippen LogP contribution in [0.3, 0.4) is 0 Å². The minimum Gasteiger partial charge on any atom is -0.298 e. The maximum absolute atomic E-state index is 13.0. The Labute approximate surface area is 144 Å². The van der Waals surface area contributed by atoms with Crippen molar-refractivity contribution in [1.82, 2.24) is 0 Å². The van der Waals surface area contributed by atoms with E-state index in [2.05, 4.69) is 0 Å². The van der Waals surface area contributed by atoms with Gasteiger partial charge in [0, 0.05) is 5.41 Å². The molecule has 4 aliphatic rings. The van der Waals surface area contributed by atoms with Gasteiger partial charge >= 0.3 is 0 Å². The molecule has 4 saturated carbocycles. The van der Waals surface area contributed by atoms with Crippen molar-refractivity contribution in [2.75, 3.05) is 5.75 Å². The Kier molecular flexibility index (Phi) is 3.87. The van der Waals surface area contributed by atoms with Crippen molar-refractivity contribution < 1.29 is 13.2 Å². The molecule has 0 heterocycles. The second kappa shape index (κ2) is 5.69. The Morgan fingerprint density at radius 3 is 2.12 bits per heavy atom. The highest BCUT2D eigenvalue weighted by Gasteiger charge is 2.54. The van der Waals surface area contributed by atoms with Crippen molar-refractivity contribution in [2.24, 2.45) is 23.2 Å². The Morgan fingerprint density at radius 2 is 1.58 bits per heavy atom. The van der Waals surface area contributed by atoms with E-state index in [1.54, 1.807) is 0 Å². The number of benzene rings is 1. The van der Waals surface area contributed by atoms with Crippen LogP contribution in [0.15, 0.2) is 24.3 Å². The lowest BCUT2D eigenvalue weighted by Crippen LogP contribution is -2.51. The maximum atomic E-state index is 13.0. The van der Waals surface area contributed by atoms with Gasteiger partial charge in [-0.3, -0.25) is 4.79 Å². The molecule has 0 radical (unpaired) electrons. The zero-order valence-corrected chi connectivity index (χ0v) is 15.1. The van der Waals surface area contributed by atoms with Gasteiger partial charge in [0.05, 0.1) is 5.75 Å². The molecule has 0 amide bonds. The van der Waals surface area contributed by atoms with Gasteiger partial charge < -0.3 is 0 Å². The van der Waals surface area contributed by atoms with Crippen LogP contribution < -0.4 is 0 Å². The first-order valence-electron chi connectivity index (χ1n) is 9.13. The van der Waals surface area contributed by atoms with Gasteiger partial charge in [-0.25, -0.2) is 8.42 Å². The number of rotatable bonds is 5. The number of carbonyl (C=O) groups is 1. The van der Waals surface area contributed by atoms with E-state index < -0.39 is 9.84 Å². The van der Waals surface area contributed by atoms with Crippen LogP contribution in [0.2, 0.25) is 0 Å². The lowest BCUT2D eigenvalue weighted by atomic mass is 9.48. The van der Waals surface area contributed by atoms with Gasteiger partial charge in [0.15, 0.2) is 15.6 Å². The standard InChI is InChI=1S/C20H26O3S/c1-14-4-2-3-5-18(14)12-24(22,23)13-19(21)20-9-15-6-16(10-20)8-17(7-15)11-20/h2-5,15-17H,6-13H2,1H3. The minimum absolute atomic E-state index is 0.00943. The molecule has 0 spiro atoms. The Balaban J connectivity index is 1.50. The molecule has 130 valence electrons. The number of Topliss-reactive ketones (excluding diaryl/α,β-unsaturated/α-hetero) is 1. The lowest BCUT2D eigenvalue weighted by molar-refractivity contribution is -0.141. The van der Waals surface area contributed by atoms with E-state index in [1.807, 2.05) is 31.2 Å². The second-order valence-corrected chi connectivity index (χ2v) is 10.6. The lowest BCUT2D eigenvalue weighted by Gasteiger charge is -2.55. The summed E-state index contributed by atoms with van der Waals surface area (Å²) in [6.07, 6.45) is 6.63. The highest BCUT2D eigenvalue weighted by molar-refractivity contribution is 7.91. The first-order chi connectivity index (χ1) is 11.4. The quantitative estimate of drug-likeness (QED) is 0.817. The number of sulfone groups is 1. The van der Waals surface area contributed by atoms with E-state index in [4.69, 9.17) is 0 Å². The number of hydrogen-bond donors (Lipinski definition) is 0. The van der Waals surface area contributed by atoms with E-state index in [-0.39, 0.29) is 22.7 Å². The molecule has 0 atom stereocenters. The fourth-order valence-corrected chi connectivity index (χ4v) is 7.47. The molecule has 24 heavy (non-hydrogen) atoms. The molecule has 4 heteroatoms. The molecule has 1 aromatic rings. The zero-order chi connectivity index (χ0) is 16.9. The van der Waals surface area contributed by atoms with Gasteiger partial charge in [-0.2, -0.15) is 0 Å². The molecule has 4 fully saturated rings. The molecule has 0 unspecified atom stereocenters. The second-order valence-electron chi connectivity index (χ2n) is 8.58. The van der Waals surface area contributed by atoms with Crippen molar-refractivity contribution in [1.29, 1.82) is 0 Å². The zero-order valence-electron chi connectivity index (χ0n) is 14.3. The molecule has 5 rings (SSSR count). The van der Waals surface area contributed by atoms with E-state index >= 15 is 0 Å². The van der Waals surface area contributed by atoms with Crippen molar-refractivity contribution in [3.8, 4) is 0 Å². The molecule has 4 bridgehead atoms. The maximum Gasteiger partial charge on any atom is 0.161 e. The van der Waals surface area contributed by atoms with Crippen molar-refractivity contribution >= 4 is 15.6 Å². The highest BCUT2D eigenvalue weighted by Crippen LogP contribution is 2.60. The third-order valence-electron chi connectivity index (χ3n) is 6.62. The summed E-state index contributed by atoms with van der Waals surface area (Å²) in [6, 6.07) is 7.54. The van der Waals surface area contributed by atoms with E-state index in [0.717, 1.165) is 30.4 Å². The molecule has 4 aliphatic carbocycles. The predicted molar refractivity (Wildman–Crippen MR) is 94.3 cm³/mol. The number of hydrogen-bond acceptors (Lipinski definition) is 3. The van der Waals surface area contributed by atoms with Crippen LogP contribution >= 0.6 is 0 Å². The average Bonchev–Trinajstić information content (AvgIpc) is 2.47. The van der Waals surface area contributed by atoms with Gasteiger partial charge in [-0.1, -0.05) is 24.3 Å². The number of aryl methyl sites for hydroxylation is 1. The molecule has 3 nitrogen and oxygen atoms in total. The Bertz CT molecular complexity index is 728. The largest absolute Gasteiger partial charge is 0.298 e. The van der Waals surface area contributed by atoms with Gasteiger partial charge in [-0.05, 0) is 74.3 Å². The normalized spacial score (nSPS) is 34.5. The summed E-state index contributed by atoms with van der Waals surface area (Å²) in [4.78, 5) is 13.0. The van der Waals surface area contributed by atoms with Crippen molar-refractivity contribution in [3.63, 3.8) is 0 Å². The van der Waals surface area contributed by atoms with Gasteiger partial charge in [0.25, 0.3) is 0 Å². The monoisotopic (exact) mass is 346 g/mol. The fraction of sp³-hybridized carbons (Fsp3) is 0.650. The molecule has 0 aromatic heterocycles. The number of carbonyl (C=O) groups excluding carboxylic acids is 1. The first-order valence-corrected chi connectivity index (χ1v) is 11.0. The molecular weight excluding hydrogens is 320 g/mol. The summed E-state index contributed by atoms with van der Waals surface area (Å²) >= 11 is 0. The summed E-state index contributed by atoms with van der Waals surface area (Å²) in [6.45, 7) is 1.92. The topological polar surface area (TPSA) is 51.2 Å². The van der Waals surface area contributed by atoms with E-state index in [1.165, 1.54) is 19.3 Å². The van der Waals surface area contributed by atoms with Crippen LogP contribution in [0.5, 0.6) is 0 Å².